The third-order valence-electron chi connectivity index (χ3n) is 1.72. The van der Waals surface area contributed by atoms with Crippen molar-refractivity contribution in [2.45, 2.75) is 13.0 Å². The van der Waals surface area contributed by atoms with E-state index in [1.807, 2.05) is 0 Å². The molecule has 4 nitrogen and oxygen atoms in total. The standard InChI is InChI=1S/C9H9N3OS/c1-6(13)8-5-12-9(14-8)7-4-10-2-3-11-7/h2-6,13H,1H3. The summed E-state index contributed by atoms with van der Waals surface area (Å²) in [5.41, 5.74) is 0.740. The molecule has 0 aliphatic carbocycles. The normalized spacial score (nSPS) is 12.7. The lowest BCUT2D eigenvalue weighted by Crippen LogP contribution is -1.83. The van der Waals surface area contributed by atoms with E-state index in [4.69, 9.17) is 0 Å². The Labute approximate surface area is 85.3 Å². The van der Waals surface area contributed by atoms with Crippen LogP contribution in [0.25, 0.3) is 10.7 Å². The first kappa shape index (κ1) is 9.23. The Balaban J connectivity index is 2.34. The van der Waals surface area contributed by atoms with Crippen LogP contribution in [0.4, 0.5) is 0 Å². The molecule has 0 bridgehead atoms. The topological polar surface area (TPSA) is 58.9 Å². The van der Waals surface area contributed by atoms with Crippen LogP contribution in [0.15, 0.2) is 24.8 Å². The summed E-state index contributed by atoms with van der Waals surface area (Å²) < 4.78 is 0. The molecule has 5 heteroatoms. The van der Waals surface area contributed by atoms with Gasteiger partial charge in [-0.15, -0.1) is 11.3 Å². The van der Waals surface area contributed by atoms with Crippen molar-refractivity contribution in [2.24, 2.45) is 0 Å². The maximum Gasteiger partial charge on any atom is 0.143 e. The fourth-order valence-electron chi connectivity index (χ4n) is 1.01. The number of hydrogen-bond acceptors (Lipinski definition) is 5. The second kappa shape index (κ2) is 3.81. The first-order valence-electron chi connectivity index (χ1n) is 4.17. The van der Waals surface area contributed by atoms with Gasteiger partial charge in [-0.1, -0.05) is 0 Å². The molecule has 0 spiro atoms. The molecule has 0 aliphatic heterocycles. The van der Waals surface area contributed by atoms with Crippen LogP contribution in [0.2, 0.25) is 0 Å². The van der Waals surface area contributed by atoms with E-state index in [1.165, 1.54) is 11.3 Å². The predicted molar refractivity (Wildman–Crippen MR) is 53.8 cm³/mol. The van der Waals surface area contributed by atoms with Gasteiger partial charge in [0.05, 0.1) is 17.2 Å². The van der Waals surface area contributed by atoms with E-state index < -0.39 is 6.10 Å². The highest BCUT2D eigenvalue weighted by Crippen LogP contribution is 2.26. The average molecular weight is 207 g/mol. The summed E-state index contributed by atoms with van der Waals surface area (Å²) in [6.45, 7) is 1.72. The van der Waals surface area contributed by atoms with Crippen molar-refractivity contribution in [2.75, 3.05) is 0 Å². The maximum atomic E-state index is 9.32. The summed E-state index contributed by atoms with van der Waals surface area (Å²) in [4.78, 5) is 13.1. The van der Waals surface area contributed by atoms with Gasteiger partial charge in [-0.05, 0) is 6.92 Å². The Bertz CT molecular complexity index is 413. The zero-order chi connectivity index (χ0) is 9.97. The minimum Gasteiger partial charge on any atom is -0.388 e. The number of aromatic nitrogens is 3. The van der Waals surface area contributed by atoms with E-state index in [-0.39, 0.29) is 0 Å². The fraction of sp³-hybridized carbons (Fsp3) is 0.222. The largest absolute Gasteiger partial charge is 0.388 e. The Hall–Kier alpha value is -1.33. The van der Waals surface area contributed by atoms with Crippen LogP contribution in [0.5, 0.6) is 0 Å². The van der Waals surface area contributed by atoms with Gasteiger partial charge in [-0.2, -0.15) is 0 Å². The van der Waals surface area contributed by atoms with Crippen molar-refractivity contribution >= 4 is 11.3 Å². The molecule has 0 fully saturated rings. The smallest absolute Gasteiger partial charge is 0.143 e. The first-order chi connectivity index (χ1) is 6.77. The highest BCUT2D eigenvalue weighted by Gasteiger charge is 2.08. The molecule has 1 unspecified atom stereocenters. The van der Waals surface area contributed by atoms with E-state index in [0.717, 1.165) is 15.6 Å². The van der Waals surface area contributed by atoms with Crippen LogP contribution in [0.1, 0.15) is 17.9 Å². The highest BCUT2D eigenvalue weighted by atomic mass is 32.1. The summed E-state index contributed by atoms with van der Waals surface area (Å²) >= 11 is 1.43. The average Bonchev–Trinajstić information content (AvgIpc) is 2.68. The van der Waals surface area contributed by atoms with Gasteiger partial charge >= 0.3 is 0 Å². The Morgan fingerprint density at radius 3 is 2.71 bits per heavy atom. The van der Waals surface area contributed by atoms with Gasteiger partial charge in [-0.3, -0.25) is 9.97 Å². The lowest BCUT2D eigenvalue weighted by Gasteiger charge is -1.95. The molecule has 2 aromatic rings. The van der Waals surface area contributed by atoms with E-state index in [0.29, 0.717) is 0 Å². The van der Waals surface area contributed by atoms with Gasteiger partial charge in [0, 0.05) is 18.6 Å². The number of nitrogens with zero attached hydrogens (tertiary/aromatic N) is 3. The van der Waals surface area contributed by atoms with Crippen LogP contribution in [-0.4, -0.2) is 20.1 Å². The molecular formula is C9H9N3OS. The quantitative estimate of drug-likeness (QED) is 0.813. The number of aliphatic hydroxyl groups is 1. The van der Waals surface area contributed by atoms with Crippen molar-refractivity contribution in [3.05, 3.63) is 29.7 Å². The van der Waals surface area contributed by atoms with Gasteiger partial charge in [0.25, 0.3) is 0 Å². The highest BCUT2D eigenvalue weighted by molar-refractivity contribution is 7.15. The van der Waals surface area contributed by atoms with Crippen LogP contribution >= 0.6 is 11.3 Å². The molecule has 0 saturated carbocycles. The number of thiazole rings is 1. The minimum absolute atomic E-state index is 0.474. The van der Waals surface area contributed by atoms with Crippen LogP contribution in [0, 0.1) is 0 Å². The van der Waals surface area contributed by atoms with Crippen molar-refractivity contribution < 1.29 is 5.11 Å². The fourth-order valence-corrected chi connectivity index (χ4v) is 1.82. The van der Waals surface area contributed by atoms with Crippen molar-refractivity contribution in [1.82, 2.24) is 15.0 Å². The molecule has 1 atom stereocenters. The van der Waals surface area contributed by atoms with E-state index in [9.17, 15) is 5.11 Å². The van der Waals surface area contributed by atoms with Gasteiger partial charge in [-0.25, -0.2) is 4.98 Å². The number of rotatable bonds is 2. The molecule has 72 valence electrons. The van der Waals surface area contributed by atoms with Gasteiger partial charge in [0.2, 0.25) is 0 Å². The summed E-state index contributed by atoms with van der Waals surface area (Å²) in [5, 5.41) is 10.1. The maximum absolute atomic E-state index is 9.32. The summed E-state index contributed by atoms with van der Waals surface area (Å²) in [5.74, 6) is 0. The SMILES string of the molecule is CC(O)c1cnc(-c2cnccn2)s1. The molecule has 14 heavy (non-hydrogen) atoms. The molecular weight excluding hydrogens is 198 g/mol. The summed E-state index contributed by atoms with van der Waals surface area (Å²) in [6.07, 6.45) is 6.09. The van der Waals surface area contributed by atoms with Gasteiger partial charge < -0.3 is 5.11 Å². The van der Waals surface area contributed by atoms with E-state index in [1.54, 1.807) is 31.7 Å². The van der Waals surface area contributed by atoms with Gasteiger partial charge in [0.1, 0.15) is 10.7 Å². The van der Waals surface area contributed by atoms with Gasteiger partial charge in [0.15, 0.2) is 0 Å². The van der Waals surface area contributed by atoms with Crippen molar-refractivity contribution in [3.8, 4) is 10.7 Å². The lowest BCUT2D eigenvalue weighted by molar-refractivity contribution is 0.203. The zero-order valence-corrected chi connectivity index (χ0v) is 8.40. The Kier molecular flexibility index (Phi) is 2.51. The Morgan fingerprint density at radius 1 is 1.29 bits per heavy atom. The molecule has 2 rings (SSSR count). The molecule has 0 aliphatic rings. The van der Waals surface area contributed by atoms with E-state index in [2.05, 4.69) is 15.0 Å². The molecule has 2 heterocycles. The second-order valence-corrected chi connectivity index (χ2v) is 3.90. The van der Waals surface area contributed by atoms with Crippen LogP contribution < -0.4 is 0 Å². The molecule has 0 amide bonds. The molecule has 1 N–H and O–H groups in total. The zero-order valence-electron chi connectivity index (χ0n) is 7.58. The minimum atomic E-state index is -0.474. The molecule has 0 aromatic carbocycles. The second-order valence-electron chi connectivity index (χ2n) is 2.83. The summed E-state index contributed by atoms with van der Waals surface area (Å²) in [7, 11) is 0. The van der Waals surface area contributed by atoms with Crippen LogP contribution in [0.3, 0.4) is 0 Å². The molecule has 0 radical (unpaired) electrons. The number of hydrogen-bond donors (Lipinski definition) is 1. The van der Waals surface area contributed by atoms with Crippen LogP contribution in [-0.2, 0) is 0 Å². The molecule has 2 aromatic heterocycles. The predicted octanol–water partition coefficient (Wildman–Crippen LogP) is 1.65. The summed E-state index contributed by atoms with van der Waals surface area (Å²) in [6, 6.07) is 0. The van der Waals surface area contributed by atoms with Crippen molar-refractivity contribution in [1.29, 1.82) is 0 Å². The molecule has 0 saturated heterocycles. The third-order valence-corrected chi connectivity index (χ3v) is 2.91. The van der Waals surface area contributed by atoms with Crippen molar-refractivity contribution in [3.63, 3.8) is 0 Å². The lowest BCUT2D eigenvalue weighted by atomic mass is 10.4. The number of aliphatic hydroxyl groups excluding tert-OH is 1. The third kappa shape index (κ3) is 1.78. The van der Waals surface area contributed by atoms with E-state index >= 15 is 0 Å². The monoisotopic (exact) mass is 207 g/mol. The first-order valence-corrected chi connectivity index (χ1v) is 4.99. The Morgan fingerprint density at radius 2 is 2.14 bits per heavy atom.